The molecule has 1 heterocycles. The first-order valence-corrected chi connectivity index (χ1v) is 17.2. The van der Waals surface area contributed by atoms with Gasteiger partial charge in [-0.2, -0.15) is 0 Å². The zero-order valence-electron chi connectivity index (χ0n) is 26.2. The molecular formula is C40H40O6S. The highest BCUT2D eigenvalue weighted by Gasteiger charge is 2.53. The highest BCUT2D eigenvalue weighted by atomic mass is 32.2. The summed E-state index contributed by atoms with van der Waals surface area (Å²) in [7, 11) is 0. The molecule has 0 aromatic heterocycles. The quantitative estimate of drug-likeness (QED) is 0.110. The van der Waals surface area contributed by atoms with Crippen LogP contribution in [0.4, 0.5) is 0 Å². The summed E-state index contributed by atoms with van der Waals surface area (Å²) in [5, 5.41) is 0. The minimum Gasteiger partial charge on any atom is -0.609 e. The Kier molecular flexibility index (Phi) is 12.3. The third-order valence-corrected chi connectivity index (χ3v) is 9.57. The fraction of sp³-hybridized carbons (Fsp3) is 0.250. The van der Waals surface area contributed by atoms with Crippen molar-refractivity contribution < 1.29 is 28.2 Å². The molecule has 5 aromatic carbocycles. The van der Waals surface area contributed by atoms with E-state index in [1.165, 1.54) is 0 Å². The predicted octanol–water partition coefficient (Wildman–Crippen LogP) is 7.49. The average molecular weight is 649 g/mol. The second-order valence-corrected chi connectivity index (χ2v) is 13.0. The lowest BCUT2D eigenvalue weighted by molar-refractivity contribution is -0.256. The van der Waals surface area contributed by atoms with Crippen LogP contribution in [-0.4, -0.2) is 41.0 Å². The van der Waals surface area contributed by atoms with Crippen molar-refractivity contribution in [2.75, 3.05) is 6.61 Å². The van der Waals surface area contributed by atoms with Gasteiger partial charge in [-0.05, 0) is 34.4 Å². The minimum absolute atomic E-state index is 0.216. The number of benzene rings is 5. The fourth-order valence-electron chi connectivity index (χ4n) is 5.61. The van der Waals surface area contributed by atoms with Gasteiger partial charge in [0.25, 0.3) is 5.44 Å². The van der Waals surface area contributed by atoms with Crippen molar-refractivity contribution in [2.24, 2.45) is 0 Å². The van der Waals surface area contributed by atoms with Crippen LogP contribution in [-0.2, 0) is 61.3 Å². The predicted molar refractivity (Wildman–Crippen MR) is 183 cm³/mol. The molecule has 47 heavy (non-hydrogen) atoms. The molecule has 0 radical (unpaired) electrons. The molecule has 1 aliphatic rings. The van der Waals surface area contributed by atoms with E-state index >= 15 is 0 Å². The fourth-order valence-corrected chi connectivity index (χ4v) is 7.02. The molecule has 0 aliphatic carbocycles. The SMILES string of the molecule is [O-][S+](c1ccccc1)C1O[C@H](COCc2ccccc2)[C@@H](OCc2ccccc2)[C@H](OCc2ccccc2)[C@H]1OCc1ccccc1. The van der Waals surface area contributed by atoms with Gasteiger partial charge in [0.2, 0.25) is 0 Å². The van der Waals surface area contributed by atoms with E-state index in [1.807, 2.05) is 152 Å². The normalized spacial score (nSPS) is 21.7. The molecule has 7 heteroatoms. The zero-order valence-corrected chi connectivity index (χ0v) is 27.0. The Hall–Kier alpha value is -3.79. The van der Waals surface area contributed by atoms with Gasteiger partial charge in [-0.3, -0.25) is 0 Å². The van der Waals surface area contributed by atoms with E-state index < -0.39 is 41.0 Å². The molecule has 0 saturated carbocycles. The van der Waals surface area contributed by atoms with Crippen LogP contribution < -0.4 is 0 Å². The van der Waals surface area contributed by atoms with Crippen molar-refractivity contribution in [1.29, 1.82) is 0 Å². The maximum absolute atomic E-state index is 14.3. The molecule has 1 aliphatic heterocycles. The Labute approximate surface area is 280 Å². The van der Waals surface area contributed by atoms with Crippen LogP contribution in [0.3, 0.4) is 0 Å². The molecule has 242 valence electrons. The second-order valence-electron chi connectivity index (χ2n) is 11.4. The standard InChI is InChI=1S/C40H40O6S/c41-47(35-24-14-5-15-25-35)40-39(45-29-34-22-12-4-13-23-34)38(44-28-33-20-10-3-11-21-33)37(43-27-32-18-8-2-9-19-32)36(46-40)30-42-26-31-16-6-1-7-17-31/h1-25,36-40H,26-30H2/t36-,37-,38+,39-,40?,47?/m1/s1. The second kappa shape index (κ2) is 17.4. The number of hydrogen-bond donors (Lipinski definition) is 0. The number of ether oxygens (including phenoxy) is 5. The third kappa shape index (κ3) is 9.40. The smallest absolute Gasteiger partial charge is 0.250 e. The van der Waals surface area contributed by atoms with Gasteiger partial charge < -0.3 is 28.2 Å². The highest BCUT2D eigenvalue weighted by molar-refractivity contribution is 7.92. The van der Waals surface area contributed by atoms with Gasteiger partial charge in [0, 0.05) is 11.2 Å². The molecule has 2 unspecified atom stereocenters. The van der Waals surface area contributed by atoms with Gasteiger partial charge >= 0.3 is 0 Å². The van der Waals surface area contributed by atoms with E-state index in [9.17, 15) is 4.55 Å². The molecule has 1 saturated heterocycles. The van der Waals surface area contributed by atoms with Crippen LogP contribution in [0.2, 0.25) is 0 Å². The Morgan fingerprint density at radius 2 is 0.851 bits per heavy atom. The lowest BCUT2D eigenvalue weighted by Gasteiger charge is -2.45. The van der Waals surface area contributed by atoms with E-state index in [0.717, 1.165) is 22.3 Å². The number of hydrogen-bond acceptors (Lipinski definition) is 6. The average Bonchev–Trinajstić information content (AvgIpc) is 3.14. The lowest BCUT2D eigenvalue weighted by Crippen LogP contribution is -2.62. The van der Waals surface area contributed by atoms with Crippen molar-refractivity contribution >= 4 is 11.2 Å². The summed E-state index contributed by atoms with van der Waals surface area (Å²) in [6.45, 7) is 1.58. The Balaban J connectivity index is 1.34. The van der Waals surface area contributed by atoms with Crippen LogP contribution in [0.1, 0.15) is 22.3 Å². The first-order valence-electron chi connectivity index (χ1n) is 15.9. The van der Waals surface area contributed by atoms with Crippen molar-refractivity contribution in [3.05, 3.63) is 174 Å². The topological polar surface area (TPSA) is 69.2 Å². The summed E-state index contributed by atoms with van der Waals surface area (Å²) in [4.78, 5) is 0.653. The van der Waals surface area contributed by atoms with Crippen molar-refractivity contribution in [2.45, 2.75) is 61.2 Å². The Morgan fingerprint density at radius 1 is 0.468 bits per heavy atom. The van der Waals surface area contributed by atoms with Crippen molar-refractivity contribution in [3.63, 3.8) is 0 Å². The molecule has 0 bridgehead atoms. The monoisotopic (exact) mass is 648 g/mol. The van der Waals surface area contributed by atoms with E-state index in [2.05, 4.69) is 0 Å². The van der Waals surface area contributed by atoms with Gasteiger partial charge in [-0.25, -0.2) is 0 Å². The van der Waals surface area contributed by atoms with E-state index in [4.69, 9.17) is 23.7 Å². The minimum atomic E-state index is -1.58. The summed E-state index contributed by atoms with van der Waals surface area (Å²) < 4.78 is 47.5. The summed E-state index contributed by atoms with van der Waals surface area (Å²) in [6.07, 6.45) is -2.51. The molecule has 1 fully saturated rings. The highest BCUT2D eigenvalue weighted by Crippen LogP contribution is 2.35. The van der Waals surface area contributed by atoms with E-state index in [1.54, 1.807) is 0 Å². The van der Waals surface area contributed by atoms with Gasteiger partial charge in [0.05, 0.1) is 33.0 Å². The third-order valence-electron chi connectivity index (χ3n) is 8.03. The van der Waals surface area contributed by atoms with Crippen LogP contribution in [0.5, 0.6) is 0 Å². The molecule has 0 spiro atoms. The maximum atomic E-state index is 14.3. The first-order chi connectivity index (χ1) is 23.2. The lowest BCUT2D eigenvalue weighted by atomic mass is 9.98. The molecule has 0 amide bonds. The van der Waals surface area contributed by atoms with Crippen LogP contribution in [0.15, 0.2) is 157 Å². The Morgan fingerprint density at radius 3 is 1.32 bits per heavy atom. The van der Waals surface area contributed by atoms with Gasteiger partial charge in [0.1, 0.15) is 18.3 Å². The van der Waals surface area contributed by atoms with Crippen LogP contribution >= 0.6 is 0 Å². The van der Waals surface area contributed by atoms with Gasteiger partial charge in [-0.1, -0.05) is 140 Å². The van der Waals surface area contributed by atoms with Gasteiger partial charge in [-0.15, -0.1) is 0 Å². The summed E-state index contributed by atoms with van der Waals surface area (Å²) in [6, 6.07) is 49.4. The Bertz CT molecular complexity index is 1580. The molecule has 6 nitrogen and oxygen atoms in total. The van der Waals surface area contributed by atoms with E-state index in [0.29, 0.717) is 31.3 Å². The summed E-state index contributed by atoms with van der Waals surface area (Å²) in [5.74, 6) is 0. The van der Waals surface area contributed by atoms with Crippen molar-refractivity contribution in [3.8, 4) is 0 Å². The zero-order chi connectivity index (χ0) is 32.1. The molecule has 5 aromatic rings. The molecule has 6 atom stereocenters. The van der Waals surface area contributed by atoms with Crippen LogP contribution in [0, 0.1) is 0 Å². The summed E-state index contributed by atoms with van der Waals surface area (Å²) >= 11 is -1.58. The molecule has 0 N–H and O–H groups in total. The maximum Gasteiger partial charge on any atom is 0.250 e. The molecular weight excluding hydrogens is 609 g/mol. The largest absolute Gasteiger partial charge is 0.609 e. The van der Waals surface area contributed by atoms with E-state index in [-0.39, 0.29) is 6.61 Å². The van der Waals surface area contributed by atoms with Crippen LogP contribution in [0.25, 0.3) is 0 Å². The first kappa shape index (κ1) is 33.1. The molecule has 6 rings (SSSR count). The summed E-state index contributed by atoms with van der Waals surface area (Å²) in [5.41, 5.74) is 3.24. The van der Waals surface area contributed by atoms with Gasteiger partial charge in [0.15, 0.2) is 11.0 Å². The van der Waals surface area contributed by atoms with Crippen molar-refractivity contribution in [1.82, 2.24) is 0 Å². The number of rotatable bonds is 15.